The zero-order chi connectivity index (χ0) is 11.7. The van der Waals surface area contributed by atoms with E-state index in [9.17, 15) is 0 Å². The van der Waals surface area contributed by atoms with E-state index in [2.05, 4.69) is 34.2 Å². The molecule has 0 N–H and O–H groups in total. The standard InChI is InChI=1S/C14H13ClN2/c15-10-12-6-9-16-13(17-12)14(7-8-14)11-4-2-1-3-5-11/h1-6,9H,7-8,10H2. The van der Waals surface area contributed by atoms with E-state index in [4.69, 9.17) is 11.6 Å². The van der Waals surface area contributed by atoms with Gasteiger partial charge in [-0.25, -0.2) is 9.97 Å². The summed E-state index contributed by atoms with van der Waals surface area (Å²) in [5, 5.41) is 0. The quantitative estimate of drug-likeness (QED) is 0.775. The van der Waals surface area contributed by atoms with Crippen molar-refractivity contribution < 1.29 is 0 Å². The number of rotatable bonds is 3. The second-order valence-corrected chi connectivity index (χ2v) is 4.72. The minimum absolute atomic E-state index is 0.0450. The molecule has 0 saturated heterocycles. The fourth-order valence-corrected chi connectivity index (χ4v) is 2.37. The van der Waals surface area contributed by atoms with E-state index in [1.54, 1.807) is 0 Å². The average molecular weight is 245 g/mol. The van der Waals surface area contributed by atoms with Crippen LogP contribution >= 0.6 is 11.6 Å². The van der Waals surface area contributed by atoms with Gasteiger partial charge in [-0.05, 0) is 24.5 Å². The molecule has 1 aromatic heterocycles. The molecule has 0 amide bonds. The predicted molar refractivity (Wildman–Crippen MR) is 68.0 cm³/mol. The van der Waals surface area contributed by atoms with E-state index >= 15 is 0 Å². The number of hydrogen-bond acceptors (Lipinski definition) is 2. The molecule has 2 nitrogen and oxygen atoms in total. The number of alkyl halides is 1. The molecule has 17 heavy (non-hydrogen) atoms. The van der Waals surface area contributed by atoms with Gasteiger partial charge in [-0.3, -0.25) is 0 Å². The predicted octanol–water partition coefficient (Wildman–Crippen LogP) is 3.30. The number of nitrogens with zero attached hydrogens (tertiary/aromatic N) is 2. The Labute approximate surface area is 106 Å². The third-order valence-electron chi connectivity index (χ3n) is 3.35. The highest BCUT2D eigenvalue weighted by atomic mass is 35.5. The third-order valence-corrected chi connectivity index (χ3v) is 3.63. The summed E-state index contributed by atoms with van der Waals surface area (Å²) in [5.41, 5.74) is 2.26. The molecular weight excluding hydrogens is 232 g/mol. The van der Waals surface area contributed by atoms with Gasteiger partial charge < -0.3 is 0 Å². The minimum Gasteiger partial charge on any atom is -0.240 e. The monoisotopic (exact) mass is 244 g/mol. The largest absolute Gasteiger partial charge is 0.240 e. The summed E-state index contributed by atoms with van der Waals surface area (Å²) in [6.07, 6.45) is 4.06. The first-order valence-corrected chi connectivity index (χ1v) is 6.32. The molecule has 1 heterocycles. The van der Waals surface area contributed by atoms with Crippen molar-refractivity contribution in [3.05, 3.63) is 59.7 Å². The van der Waals surface area contributed by atoms with E-state index in [-0.39, 0.29) is 5.41 Å². The van der Waals surface area contributed by atoms with Crippen LogP contribution in [-0.2, 0) is 11.3 Å². The highest BCUT2D eigenvalue weighted by Crippen LogP contribution is 2.51. The number of halogens is 1. The molecular formula is C14H13ClN2. The molecule has 1 aromatic carbocycles. The highest BCUT2D eigenvalue weighted by molar-refractivity contribution is 6.16. The molecule has 0 unspecified atom stereocenters. The van der Waals surface area contributed by atoms with Crippen LogP contribution in [0.3, 0.4) is 0 Å². The molecule has 1 aliphatic carbocycles. The van der Waals surface area contributed by atoms with Gasteiger partial charge in [0.2, 0.25) is 0 Å². The van der Waals surface area contributed by atoms with Crippen molar-refractivity contribution >= 4 is 11.6 Å². The fourth-order valence-electron chi connectivity index (χ4n) is 2.22. The van der Waals surface area contributed by atoms with Crippen LogP contribution in [-0.4, -0.2) is 9.97 Å². The van der Waals surface area contributed by atoms with Gasteiger partial charge in [-0.1, -0.05) is 30.3 Å². The van der Waals surface area contributed by atoms with E-state index in [0.717, 1.165) is 24.4 Å². The maximum absolute atomic E-state index is 5.83. The van der Waals surface area contributed by atoms with E-state index in [1.165, 1.54) is 5.56 Å². The topological polar surface area (TPSA) is 25.8 Å². The summed E-state index contributed by atoms with van der Waals surface area (Å²) in [4.78, 5) is 8.99. The first kappa shape index (κ1) is 10.7. The normalized spacial score (nSPS) is 16.8. The number of aromatic nitrogens is 2. The SMILES string of the molecule is ClCc1ccnc(C2(c3ccccc3)CC2)n1. The smallest absolute Gasteiger partial charge is 0.139 e. The van der Waals surface area contributed by atoms with E-state index < -0.39 is 0 Å². The molecule has 0 radical (unpaired) electrons. The highest BCUT2D eigenvalue weighted by Gasteiger charge is 2.48. The zero-order valence-electron chi connectivity index (χ0n) is 9.44. The Kier molecular flexibility index (Phi) is 2.60. The maximum Gasteiger partial charge on any atom is 0.139 e. The van der Waals surface area contributed by atoms with Gasteiger partial charge in [-0.15, -0.1) is 11.6 Å². The summed E-state index contributed by atoms with van der Waals surface area (Å²) in [6, 6.07) is 12.4. The lowest BCUT2D eigenvalue weighted by molar-refractivity contribution is 0.746. The Morgan fingerprint density at radius 1 is 1.12 bits per heavy atom. The van der Waals surface area contributed by atoms with Crippen LogP contribution in [0.2, 0.25) is 0 Å². The van der Waals surface area contributed by atoms with Crippen LogP contribution in [0.25, 0.3) is 0 Å². The van der Waals surface area contributed by atoms with E-state index in [0.29, 0.717) is 5.88 Å². The van der Waals surface area contributed by atoms with Crippen LogP contribution in [0.15, 0.2) is 42.6 Å². The Balaban J connectivity index is 2.03. The van der Waals surface area contributed by atoms with Crippen molar-refractivity contribution in [1.29, 1.82) is 0 Å². The Morgan fingerprint density at radius 3 is 2.53 bits per heavy atom. The number of hydrogen-bond donors (Lipinski definition) is 0. The van der Waals surface area contributed by atoms with Gasteiger partial charge in [0, 0.05) is 6.20 Å². The molecule has 3 rings (SSSR count). The average Bonchev–Trinajstić information content (AvgIpc) is 3.21. The van der Waals surface area contributed by atoms with Crippen molar-refractivity contribution in [2.75, 3.05) is 0 Å². The molecule has 0 bridgehead atoms. The van der Waals surface area contributed by atoms with Crippen molar-refractivity contribution in [2.24, 2.45) is 0 Å². The lowest BCUT2D eigenvalue weighted by Crippen LogP contribution is -2.13. The van der Waals surface area contributed by atoms with Gasteiger partial charge in [0.25, 0.3) is 0 Å². The van der Waals surface area contributed by atoms with Crippen molar-refractivity contribution in [3.63, 3.8) is 0 Å². The molecule has 1 fully saturated rings. The third kappa shape index (κ3) is 1.83. The lowest BCUT2D eigenvalue weighted by atomic mass is 9.95. The Morgan fingerprint density at radius 2 is 1.88 bits per heavy atom. The molecule has 2 aromatic rings. The van der Waals surface area contributed by atoms with Crippen LogP contribution in [0.4, 0.5) is 0 Å². The maximum atomic E-state index is 5.83. The van der Waals surface area contributed by atoms with Gasteiger partial charge in [0.15, 0.2) is 0 Å². The molecule has 0 atom stereocenters. The van der Waals surface area contributed by atoms with Crippen molar-refractivity contribution in [1.82, 2.24) is 9.97 Å². The molecule has 0 spiro atoms. The second kappa shape index (κ2) is 4.11. The first-order valence-electron chi connectivity index (χ1n) is 5.79. The van der Waals surface area contributed by atoms with Crippen molar-refractivity contribution in [3.8, 4) is 0 Å². The van der Waals surface area contributed by atoms with Gasteiger partial charge in [0.05, 0.1) is 17.0 Å². The molecule has 0 aliphatic heterocycles. The van der Waals surface area contributed by atoms with Gasteiger partial charge >= 0.3 is 0 Å². The molecule has 1 aliphatic rings. The zero-order valence-corrected chi connectivity index (χ0v) is 10.2. The Hall–Kier alpha value is -1.41. The van der Waals surface area contributed by atoms with E-state index in [1.807, 2.05) is 18.3 Å². The van der Waals surface area contributed by atoms with Gasteiger partial charge in [0.1, 0.15) is 5.82 Å². The molecule has 1 saturated carbocycles. The first-order chi connectivity index (χ1) is 8.35. The summed E-state index contributed by atoms with van der Waals surface area (Å²) in [5.74, 6) is 1.36. The molecule has 3 heteroatoms. The summed E-state index contributed by atoms with van der Waals surface area (Å²) in [6.45, 7) is 0. The van der Waals surface area contributed by atoms with Crippen LogP contribution in [0, 0.1) is 0 Å². The summed E-state index contributed by atoms with van der Waals surface area (Å²) in [7, 11) is 0. The molecule has 86 valence electrons. The van der Waals surface area contributed by atoms with Crippen molar-refractivity contribution in [2.45, 2.75) is 24.1 Å². The Bertz CT molecular complexity index is 521. The minimum atomic E-state index is 0.0450. The van der Waals surface area contributed by atoms with Crippen LogP contribution in [0.1, 0.15) is 29.9 Å². The number of benzene rings is 1. The summed E-state index contributed by atoms with van der Waals surface area (Å²) >= 11 is 5.83. The fraction of sp³-hybridized carbons (Fsp3) is 0.286. The summed E-state index contributed by atoms with van der Waals surface area (Å²) < 4.78 is 0. The lowest BCUT2D eigenvalue weighted by Gasteiger charge is -2.14. The van der Waals surface area contributed by atoms with Crippen LogP contribution < -0.4 is 0 Å². The van der Waals surface area contributed by atoms with Gasteiger partial charge in [-0.2, -0.15) is 0 Å². The van der Waals surface area contributed by atoms with Crippen LogP contribution in [0.5, 0.6) is 0 Å². The second-order valence-electron chi connectivity index (χ2n) is 4.45.